The van der Waals surface area contributed by atoms with E-state index in [2.05, 4.69) is 19.7 Å². The van der Waals surface area contributed by atoms with Crippen LogP contribution in [0.1, 0.15) is 12.5 Å². The molecule has 0 unspecified atom stereocenters. The summed E-state index contributed by atoms with van der Waals surface area (Å²) in [6, 6.07) is 19.6. The third-order valence-corrected chi connectivity index (χ3v) is 6.93. The van der Waals surface area contributed by atoms with Crippen molar-refractivity contribution in [2.45, 2.75) is 12.7 Å². The molecule has 3 heterocycles. The van der Waals surface area contributed by atoms with Gasteiger partial charge >= 0.3 is 0 Å². The van der Waals surface area contributed by atoms with Gasteiger partial charge in [-0.1, -0.05) is 42.5 Å². The normalized spacial score (nSPS) is 11.4. The first-order chi connectivity index (χ1) is 18.9. The zero-order chi connectivity index (χ0) is 27.4. The van der Waals surface area contributed by atoms with Crippen LogP contribution in [-0.4, -0.2) is 53.7 Å². The molecule has 0 saturated heterocycles. The van der Waals surface area contributed by atoms with E-state index < -0.39 is 10.0 Å². The lowest BCUT2D eigenvalue weighted by Gasteiger charge is -2.16. The van der Waals surface area contributed by atoms with Gasteiger partial charge in [0.1, 0.15) is 22.9 Å². The van der Waals surface area contributed by atoms with Crippen molar-refractivity contribution in [3.8, 4) is 34.6 Å². The number of rotatable bonds is 10. The first-order valence-electron chi connectivity index (χ1n) is 12.0. The largest absolute Gasteiger partial charge is 0.494 e. The van der Waals surface area contributed by atoms with E-state index >= 15 is 0 Å². The summed E-state index contributed by atoms with van der Waals surface area (Å²) < 4.78 is 47.0. The number of sulfonamides is 1. The molecule has 3 aromatic heterocycles. The SMILES string of the molecule is CCOc1cccc(-c2nc3ncc(NS(=O)(=O)Cc4ccccc4)nc3n2-c2c(OC)cccc2OC)n1. The molecule has 0 radical (unpaired) electrons. The van der Waals surface area contributed by atoms with Gasteiger partial charge in [-0.25, -0.2) is 28.4 Å². The number of fused-ring (bicyclic) bond motifs is 1. The fourth-order valence-corrected chi connectivity index (χ4v) is 5.21. The van der Waals surface area contributed by atoms with Crippen LogP contribution in [-0.2, 0) is 15.8 Å². The quantitative estimate of drug-likeness (QED) is 0.273. The molecule has 0 fully saturated rings. The maximum atomic E-state index is 12.9. The molecule has 0 aliphatic heterocycles. The molecular weight excluding hydrogens is 520 g/mol. The second-order valence-corrected chi connectivity index (χ2v) is 10.0. The number of pyridine rings is 1. The van der Waals surface area contributed by atoms with Crippen LogP contribution in [0.2, 0.25) is 0 Å². The molecular formula is C27H26N6O5S. The number of benzene rings is 2. The Hall–Kier alpha value is -4.71. The minimum Gasteiger partial charge on any atom is -0.494 e. The average Bonchev–Trinajstić information content (AvgIpc) is 3.31. The van der Waals surface area contributed by atoms with Crippen LogP contribution < -0.4 is 18.9 Å². The van der Waals surface area contributed by atoms with Crippen LogP contribution in [0.15, 0.2) is 72.9 Å². The summed E-state index contributed by atoms with van der Waals surface area (Å²) in [7, 11) is -0.694. The van der Waals surface area contributed by atoms with Crippen LogP contribution >= 0.6 is 0 Å². The smallest absolute Gasteiger partial charge is 0.238 e. The summed E-state index contributed by atoms with van der Waals surface area (Å²) >= 11 is 0. The van der Waals surface area contributed by atoms with Crippen LogP contribution in [0.3, 0.4) is 0 Å². The first kappa shape index (κ1) is 25.9. The summed E-state index contributed by atoms with van der Waals surface area (Å²) in [5.74, 6) is 1.60. The van der Waals surface area contributed by atoms with Crippen molar-refractivity contribution in [2.24, 2.45) is 0 Å². The van der Waals surface area contributed by atoms with Gasteiger partial charge in [0, 0.05) is 6.07 Å². The number of hydrogen-bond donors (Lipinski definition) is 1. The number of nitrogens with one attached hydrogen (secondary N) is 1. The minimum atomic E-state index is -3.78. The Morgan fingerprint density at radius 1 is 0.872 bits per heavy atom. The third kappa shape index (κ3) is 5.46. The molecule has 0 amide bonds. The van der Waals surface area contributed by atoms with Crippen LogP contribution in [0, 0.1) is 0 Å². The predicted octanol–water partition coefficient (Wildman–Crippen LogP) is 4.24. The highest BCUT2D eigenvalue weighted by Gasteiger charge is 2.24. The molecule has 1 N–H and O–H groups in total. The van der Waals surface area contributed by atoms with Crippen molar-refractivity contribution in [1.29, 1.82) is 0 Å². The highest BCUT2D eigenvalue weighted by Crippen LogP contribution is 2.38. The van der Waals surface area contributed by atoms with Crippen molar-refractivity contribution < 1.29 is 22.6 Å². The molecule has 11 nitrogen and oxygen atoms in total. The molecule has 2 aromatic carbocycles. The van der Waals surface area contributed by atoms with Crippen molar-refractivity contribution in [1.82, 2.24) is 24.5 Å². The fraction of sp³-hybridized carbons (Fsp3) is 0.185. The molecule has 0 saturated carbocycles. The molecule has 200 valence electrons. The molecule has 0 spiro atoms. The molecule has 0 bridgehead atoms. The Morgan fingerprint density at radius 3 is 2.28 bits per heavy atom. The van der Waals surface area contributed by atoms with E-state index in [1.165, 1.54) is 6.20 Å². The zero-order valence-electron chi connectivity index (χ0n) is 21.5. The maximum Gasteiger partial charge on any atom is 0.238 e. The summed E-state index contributed by atoms with van der Waals surface area (Å²) in [6.07, 6.45) is 1.33. The van der Waals surface area contributed by atoms with E-state index in [9.17, 15) is 8.42 Å². The number of nitrogens with zero attached hydrogens (tertiary/aromatic N) is 5. The molecule has 39 heavy (non-hydrogen) atoms. The topological polar surface area (TPSA) is 130 Å². The molecule has 5 aromatic rings. The number of aromatic nitrogens is 5. The summed E-state index contributed by atoms with van der Waals surface area (Å²) in [5.41, 5.74) is 2.18. The summed E-state index contributed by atoms with van der Waals surface area (Å²) in [5, 5.41) is 0. The van der Waals surface area contributed by atoms with E-state index in [1.807, 2.05) is 13.0 Å². The van der Waals surface area contributed by atoms with E-state index in [-0.39, 0.29) is 22.9 Å². The lowest BCUT2D eigenvalue weighted by Crippen LogP contribution is -2.16. The molecule has 12 heteroatoms. The highest BCUT2D eigenvalue weighted by molar-refractivity contribution is 7.91. The number of ether oxygens (including phenoxy) is 3. The van der Waals surface area contributed by atoms with Gasteiger partial charge in [-0.15, -0.1) is 0 Å². The van der Waals surface area contributed by atoms with E-state index in [0.29, 0.717) is 46.8 Å². The molecule has 5 rings (SSSR count). The van der Waals surface area contributed by atoms with E-state index in [0.717, 1.165) is 0 Å². The van der Waals surface area contributed by atoms with Crippen molar-refractivity contribution in [3.63, 3.8) is 0 Å². The average molecular weight is 547 g/mol. The van der Waals surface area contributed by atoms with Crippen LogP contribution in [0.4, 0.5) is 5.82 Å². The van der Waals surface area contributed by atoms with Crippen molar-refractivity contribution in [2.75, 3.05) is 25.5 Å². The Bertz CT molecular complexity index is 1700. The van der Waals surface area contributed by atoms with Gasteiger partial charge in [-0.3, -0.25) is 9.29 Å². The van der Waals surface area contributed by atoms with Gasteiger partial charge in [0.05, 0.1) is 32.8 Å². The Kier molecular flexibility index (Phi) is 7.28. The summed E-state index contributed by atoms with van der Waals surface area (Å²) in [4.78, 5) is 18.3. The molecule has 0 aliphatic carbocycles. The number of para-hydroxylation sites is 1. The Balaban J connectivity index is 1.69. The monoisotopic (exact) mass is 546 g/mol. The van der Waals surface area contributed by atoms with Crippen LogP contribution in [0.25, 0.3) is 28.5 Å². The highest BCUT2D eigenvalue weighted by atomic mass is 32.2. The summed E-state index contributed by atoms with van der Waals surface area (Å²) in [6.45, 7) is 2.32. The Labute approximate surface area is 225 Å². The zero-order valence-corrected chi connectivity index (χ0v) is 22.3. The number of imidazole rings is 1. The van der Waals surface area contributed by atoms with Gasteiger partial charge in [0.25, 0.3) is 0 Å². The molecule has 0 atom stereocenters. The number of methoxy groups -OCH3 is 2. The van der Waals surface area contributed by atoms with Gasteiger partial charge in [-0.2, -0.15) is 0 Å². The van der Waals surface area contributed by atoms with E-state index in [1.54, 1.807) is 79.5 Å². The number of hydrogen-bond acceptors (Lipinski definition) is 9. The minimum absolute atomic E-state index is 0.0380. The van der Waals surface area contributed by atoms with Crippen molar-refractivity contribution in [3.05, 3.63) is 78.5 Å². The van der Waals surface area contributed by atoms with Crippen LogP contribution in [0.5, 0.6) is 17.4 Å². The fourth-order valence-electron chi connectivity index (χ4n) is 4.09. The maximum absolute atomic E-state index is 12.9. The van der Waals surface area contributed by atoms with Gasteiger partial charge in [-0.05, 0) is 30.7 Å². The Morgan fingerprint density at radius 2 is 1.59 bits per heavy atom. The predicted molar refractivity (Wildman–Crippen MR) is 147 cm³/mol. The second kappa shape index (κ2) is 11.0. The van der Waals surface area contributed by atoms with E-state index in [4.69, 9.17) is 19.2 Å². The first-order valence-corrected chi connectivity index (χ1v) is 13.7. The second-order valence-electron chi connectivity index (χ2n) is 8.33. The lowest BCUT2D eigenvalue weighted by atomic mass is 10.2. The molecule has 0 aliphatic rings. The van der Waals surface area contributed by atoms with Gasteiger partial charge in [0.15, 0.2) is 22.9 Å². The van der Waals surface area contributed by atoms with Gasteiger partial charge in [0.2, 0.25) is 15.9 Å². The van der Waals surface area contributed by atoms with Gasteiger partial charge < -0.3 is 14.2 Å². The number of anilines is 1. The lowest BCUT2D eigenvalue weighted by molar-refractivity contribution is 0.327. The third-order valence-electron chi connectivity index (χ3n) is 5.70. The van der Waals surface area contributed by atoms with Crippen molar-refractivity contribution >= 4 is 27.1 Å². The standard InChI is InChI=1S/C27H26N6O5S/c1-4-38-23-15-8-12-19(29-23)26-31-25-27(33(26)24-20(36-2)13-9-14-21(24)37-3)30-22(16-28-25)32-39(34,35)17-18-10-6-5-7-11-18/h5-16H,4,17H2,1-3H3,(H,30,32).